The topological polar surface area (TPSA) is 109 Å². The van der Waals surface area contributed by atoms with Crippen LogP contribution in [0.3, 0.4) is 0 Å². The number of anilines is 2. The smallest absolute Gasteiger partial charge is 0.319 e. The number of likely N-dealkylation sites (tertiary alicyclic amines) is 1. The van der Waals surface area contributed by atoms with Crippen molar-refractivity contribution in [2.75, 3.05) is 49.6 Å². The molecule has 2 aromatic carbocycles. The van der Waals surface area contributed by atoms with Crippen LogP contribution in [0.2, 0.25) is 0 Å². The van der Waals surface area contributed by atoms with Gasteiger partial charge in [-0.3, -0.25) is 4.90 Å². The summed E-state index contributed by atoms with van der Waals surface area (Å²) in [5, 5.41) is 10.3. The lowest BCUT2D eigenvalue weighted by Gasteiger charge is -2.31. The van der Waals surface area contributed by atoms with E-state index in [4.69, 9.17) is 19.2 Å². The number of amides is 2. The molecule has 0 unspecified atom stereocenters. The standard InChI is InChI=1S/C31H37N7O3/c1-21(2)32-31(39)33-25-10-8-24(9-11-25)29-34-27-26(36-41-28(27)30(35-29)38-16-18-40-19-17-38)23-12-14-37(15-13-23)20-22-6-4-3-5-7-22/h3-11,21,23H,12-20H2,1-2H3,(H2,32,33,39). The molecule has 2 aromatic heterocycles. The van der Waals surface area contributed by atoms with Crippen molar-refractivity contribution in [2.24, 2.45) is 0 Å². The van der Waals surface area contributed by atoms with E-state index in [1.807, 2.05) is 38.1 Å². The Kier molecular flexibility index (Phi) is 8.11. The molecule has 2 amide bonds. The van der Waals surface area contributed by atoms with Gasteiger partial charge < -0.3 is 24.8 Å². The summed E-state index contributed by atoms with van der Waals surface area (Å²) < 4.78 is 11.6. The van der Waals surface area contributed by atoms with Crippen molar-refractivity contribution in [2.45, 2.75) is 45.2 Å². The Hall–Kier alpha value is -4.02. The van der Waals surface area contributed by atoms with Crippen LogP contribution in [0, 0.1) is 0 Å². The first kappa shape index (κ1) is 27.2. The minimum atomic E-state index is -0.232. The second-order valence-electron chi connectivity index (χ2n) is 11.1. The van der Waals surface area contributed by atoms with Crippen molar-refractivity contribution in [3.05, 3.63) is 65.9 Å². The van der Waals surface area contributed by atoms with Gasteiger partial charge in [-0.15, -0.1) is 0 Å². The molecule has 0 saturated carbocycles. The van der Waals surface area contributed by atoms with Crippen molar-refractivity contribution >= 4 is 28.6 Å². The Bertz CT molecular complexity index is 1460. The highest BCUT2D eigenvalue weighted by Gasteiger charge is 2.29. The molecule has 10 nitrogen and oxygen atoms in total. The first-order valence-electron chi connectivity index (χ1n) is 14.5. The van der Waals surface area contributed by atoms with Gasteiger partial charge in [0.2, 0.25) is 5.58 Å². The number of nitrogens with zero attached hydrogens (tertiary/aromatic N) is 5. The number of nitrogens with one attached hydrogen (secondary N) is 2. The molecule has 2 aliphatic heterocycles. The number of morpholine rings is 1. The van der Waals surface area contributed by atoms with Gasteiger partial charge >= 0.3 is 6.03 Å². The lowest BCUT2D eigenvalue weighted by Crippen LogP contribution is -2.37. The van der Waals surface area contributed by atoms with Gasteiger partial charge in [-0.25, -0.2) is 14.8 Å². The molecule has 214 valence electrons. The van der Waals surface area contributed by atoms with Crippen LogP contribution >= 0.6 is 0 Å². The monoisotopic (exact) mass is 555 g/mol. The molecule has 0 radical (unpaired) electrons. The van der Waals surface area contributed by atoms with E-state index in [0.717, 1.165) is 68.2 Å². The predicted octanol–water partition coefficient (Wildman–Crippen LogP) is 5.03. The second kappa shape index (κ2) is 12.2. The van der Waals surface area contributed by atoms with Crippen LogP contribution in [-0.2, 0) is 11.3 Å². The van der Waals surface area contributed by atoms with Crippen molar-refractivity contribution in [1.29, 1.82) is 0 Å². The zero-order valence-corrected chi connectivity index (χ0v) is 23.7. The molecule has 0 aliphatic carbocycles. The fourth-order valence-electron chi connectivity index (χ4n) is 5.56. The number of carbonyl (C=O) groups is 1. The van der Waals surface area contributed by atoms with Gasteiger partial charge in [0.05, 0.1) is 13.2 Å². The van der Waals surface area contributed by atoms with Crippen molar-refractivity contribution in [3.63, 3.8) is 0 Å². The number of ether oxygens (including phenoxy) is 1. The highest BCUT2D eigenvalue weighted by Crippen LogP contribution is 2.36. The minimum absolute atomic E-state index is 0.0573. The molecule has 4 aromatic rings. The minimum Gasteiger partial charge on any atom is -0.378 e. The molecule has 2 saturated heterocycles. The molecule has 0 atom stereocenters. The van der Waals surface area contributed by atoms with Crippen molar-refractivity contribution < 1.29 is 14.1 Å². The Morgan fingerprint density at radius 3 is 2.41 bits per heavy atom. The molecule has 2 aliphatic rings. The maximum absolute atomic E-state index is 12.1. The molecule has 0 spiro atoms. The summed E-state index contributed by atoms with van der Waals surface area (Å²) in [6.07, 6.45) is 2.00. The van der Waals surface area contributed by atoms with Crippen LogP contribution in [0.4, 0.5) is 16.3 Å². The molecule has 2 fully saturated rings. The number of aromatic nitrogens is 3. The third-order valence-corrected chi connectivity index (χ3v) is 7.68. The van der Waals surface area contributed by atoms with Crippen LogP contribution in [-0.4, -0.2) is 71.5 Å². The van der Waals surface area contributed by atoms with Crippen molar-refractivity contribution in [1.82, 2.24) is 25.3 Å². The SMILES string of the molecule is CC(C)NC(=O)Nc1ccc(-c2nc(N3CCOCC3)c3onc(C4CCN(Cc5ccccc5)CC4)c3n2)cc1. The molecule has 4 heterocycles. The second-order valence-corrected chi connectivity index (χ2v) is 11.1. The van der Waals surface area contributed by atoms with E-state index in [9.17, 15) is 4.79 Å². The first-order chi connectivity index (χ1) is 20.0. The van der Waals surface area contributed by atoms with E-state index >= 15 is 0 Å². The Morgan fingerprint density at radius 2 is 1.71 bits per heavy atom. The Labute approximate surface area is 240 Å². The van der Waals surface area contributed by atoms with Crippen molar-refractivity contribution in [3.8, 4) is 11.4 Å². The van der Waals surface area contributed by atoms with Gasteiger partial charge in [0, 0.05) is 42.8 Å². The number of hydrogen-bond acceptors (Lipinski definition) is 8. The quantitative estimate of drug-likeness (QED) is 0.327. The normalized spacial score (nSPS) is 16.8. The Morgan fingerprint density at radius 1 is 0.976 bits per heavy atom. The molecular formula is C31H37N7O3. The molecule has 41 heavy (non-hydrogen) atoms. The van der Waals surface area contributed by atoms with E-state index in [1.54, 1.807) is 0 Å². The summed E-state index contributed by atoms with van der Waals surface area (Å²) >= 11 is 0. The number of piperidine rings is 1. The summed E-state index contributed by atoms with van der Waals surface area (Å²) in [6.45, 7) is 9.55. The number of urea groups is 1. The summed E-state index contributed by atoms with van der Waals surface area (Å²) in [5.41, 5.74) is 5.25. The third kappa shape index (κ3) is 6.34. The molecule has 10 heteroatoms. The summed E-state index contributed by atoms with van der Waals surface area (Å²) in [7, 11) is 0. The summed E-state index contributed by atoms with van der Waals surface area (Å²) in [5.74, 6) is 1.64. The lowest BCUT2D eigenvalue weighted by molar-refractivity contribution is 0.122. The first-order valence-corrected chi connectivity index (χ1v) is 14.5. The predicted molar refractivity (Wildman–Crippen MR) is 159 cm³/mol. The van der Waals surface area contributed by atoms with Gasteiger partial charge in [0.25, 0.3) is 0 Å². The van der Waals surface area contributed by atoms with Gasteiger partial charge in [-0.05, 0) is 69.6 Å². The highest BCUT2D eigenvalue weighted by atomic mass is 16.5. The molecule has 2 N–H and O–H groups in total. The zero-order valence-electron chi connectivity index (χ0n) is 23.7. The van der Waals surface area contributed by atoms with E-state index in [1.165, 1.54) is 5.56 Å². The number of hydrogen-bond donors (Lipinski definition) is 2. The maximum Gasteiger partial charge on any atom is 0.319 e. The van der Waals surface area contributed by atoms with Gasteiger partial charge in [-0.2, -0.15) is 0 Å². The largest absolute Gasteiger partial charge is 0.378 e. The van der Waals surface area contributed by atoms with Crippen LogP contribution < -0.4 is 15.5 Å². The number of rotatable bonds is 7. The molecule has 0 bridgehead atoms. The number of benzene rings is 2. The van der Waals surface area contributed by atoms with E-state index in [0.29, 0.717) is 30.3 Å². The average Bonchev–Trinajstić information content (AvgIpc) is 3.42. The van der Waals surface area contributed by atoms with Crippen LogP contribution in [0.15, 0.2) is 59.1 Å². The maximum atomic E-state index is 12.1. The summed E-state index contributed by atoms with van der Waals surface area (Å²) in [6, 6.07) is 18.1. The molecular weight excluding hydrogens is 518 g/mol. The number of carbonyl (C=O) groups excluding carboxylic acids is 1. The Balaban J connectivity index is 1.26. The van der Waals surface area contributed by atoms with E-state index in [2.05, 4.69) is 55.9 Å². The van der Waals surface area contributed by atoms with E-state index < -0.39 is 0 Å². The lowest BCUT2D eigenvalue weighted by atomic mass is 9.92. The third-order valence-electron chi connectivity index (χ3n) is 7.68. The molecule has 6 rings (SSSR count). The van der Waals surface area contributed by atoms with Gasteiger partial charge in [0.15, 0.2) is 11.6 Å². The van der Waals surface area contributed by atoms with Gasteiger partial charge in [0.1, 0.15) is 11.2 Å². The van der Waals surface area contributed by atoms with Gasteiger partial charge in [-0.1, -0.05) is 35.5 Å². The average molecular weight is 556 g/mol. The fraction of sp³-hybridized carbons (Fsp3) is 0.419. The zero-order chi connectivity index (χ0) is 28.2. The highest BCUT2D eigenvalue weighted by molar-refractivity contribution is 5.90. The van der Waals surface area contributed by atoms with Crippen LogP contribution in [0.25, 0.3) is 22.5 Å². The summed E-state index contributed by atoms with van der Waals surface area (Å²) in [4.78, 5) is 26.8. The van der Waals surface area contributed by atoms with Crippen LogP contribution in [0.1, 0.15) is 43.9 Å². The van der Waals surface area contributed by atoms with E-state index in [-0.39, 0.29) is 18.0 Å². The fourth-order valence-corrected chi connectivity index (χ4v) is 5.56. The number of fused-ring (bicyclic) bond motifs is 1. The van der Waals surface area contributed by atoms with Crippen LogP contribution in [0.5, 0.6) is 0 Å².